The molecule has 1 aromatic rings. The van der Waals surface area contributed by atoms with Crippen molar-refractivity contribution in [2.75, 3.05) is 53.1 Å². The number of guanidine groups is 1. The van der Waals surface area contributed by atoms with Gasteiger partial charge in [-0.05, 0) is 31.7 Å². The molecular weight excluding hydrogens is 342 g/mol. The molecule has 152 valence electrons. The second-order valence-electron chi connectivity index (χ2n) is 6.68. The minimum Gasteiger partial charge on any atom is -0.385 e. The molecule has 0 aliphatic carbocycles. The summed E-state index contributed by atoms with van der Waals surface area (Å²) in [6.45, 7) is 8.42. The van der Waals surface area contributed by atoms with Gasteiger partial charge in [0.05, 0.1) is 25.9 Å². The molecule has 2 rings (SSSR count). The van der Waals surface area contributed by atoms with E-state index in [1.54, 1.807) is 7.11 Å². The van der Waals surface area contributed by atoms with Gasteiger partial charge in [-0.25, -0.2) is 0 Å². The summed E-state index contributed by atoms with van der Waals surface area (Å²) in [4.78, 5) is 7.06. The van der Waals surface area contributed by atoms with Crippen molar-refractivity contribution in [1.82, 2.24) is 10.2 Å². The fourth-order valence-corrected chi connectivity index (χ4v) is 3.09. The Morgan fingerprint density at radius 1 is 1.15 bits per heavy atom. The summed E-state index contributed by atoms with van der Waals surface area (Å²) < 4.78 is 16.7. The third-order valence-electron chi connectivity index (χ3n) is 4.53. The quantitative estimate of drug-likeness (QED) is 0.365. The molecule has 1 aromatic carbocycles. The zero-order valence-corrected chi connectivity index (χ0v) is 16.9. The Bertz CT molecular complexity index is 517. The van der Waals surface area contributed by atoms with E-state index >= 15 is 0 Å². The van der Waals surface area contributed by atoms with E-state index in [1.807, 2.05) is 18.2 Å². The van der Waals surface area contributed by atoms with Crippen LogP contribution in [0.4, 0.5) is 0 Å². The van der Waals surface area contributed by atoms with Crippen molar-refractivity contribution in [3.8, 4) is 0 Å². The molecule has 0 aromatic heterocycles. The molecule has 0 radical (unpaired) electrons. The highest BCUT2D eigenvalue weighted by Crippen LogP contribution is 2.14. The number of nitrogens with one attached hydrogen (secondary N) is 1. The van der Waals surface area contributed by atoms with Gasteiger partial charge in [0.25, 0.3) is 0 Å². The van der Waals surface area contributed by atoms with E-state index in [0.717, 1.165) is 58.1 Å². The van der Waals surface area contributed by atoms with E-state index in [2.05, 4.69) is 29.3 Å². The molecule has 0 amide bonds. The molecule has 0 bridgehead atoms. The van der Waals surface area contributed by atoms with Gasteiger partial charge in [0.15, 0.2) is 5.96 Å². The summed E-state index contributed by atoms with van der Waals surface area (Å²) in [6, 6.07) is 10.2. The van der Waals surface area contributed by atoms with Crippen LogP contribution in [-0.4, -0.2) is 70.1 Å². The summed E-state index contributed by atoms with van der Waals surface area (Å²) in [5, 5.41) is 3.40. The van der Waals surface area contributed by atoms with Crippen LogP contribution in [0.5, 0.6) is 0 Å². The highest BCUT2D eigenvalue weighted by Gasteiger charge is 2.21. The molecule has 0 saturated carbocycles. The monoisotopic (exact) mass is 377 g/mol. The number of likely N-dealkylation sites (tertiary alicyclic amines) is 1. The van der Waals surface area contributed by atoms with Crippen LogP contribution in [0, 0.1) is 0 Å². The molecule has 6 nitrogen and oxygen atoms in total. The smallest absolute Gasteiger partial charge is 0.193 e. The SMILES string of the molecule is CCNC(=NCCOCc1ccccc1)N1CCC(OCCCOC)CC1. The van der Waals surface area contributed by atoms with Crippen LogP contribution >= 0.6 is 0 Å². The molecule has 6 heteroatoms. The molecule has 27 heavy (non-hydrogen) atoms. The lowest BCUT2D eigenvalue weighted by atomic mass is 10.1. The Morgan fingerprint density at radius 2 is 1.93 bits per heavy atom. The van der Waals surface area contributed by atoms with E-state index in [-0.39, 0.29) is 0 Å². The Morgan fingerprint density at radius 3 is 2.63 bits per heavy atom. The molecule has 0 unspecified atom stereocenters. The van der Waals surface area contributed by atoms with Crippen LogP contribution in [0.25, 0.3) is 0 Å². The molecule has 0 atom stereocenters. The number of rotatable bonds is 11. The fourth-order valence-electron chi connectivity index (χ4n) is 3.09. The van der Waals surface area contributed by atoms with Crippen molar-refractivity contribution >= 4 is 5.96 Å². The fraction of sp³-hybridized carbons (Fsp3) is 0.667. The lowest BCUT2D eigenvalue weighted by Gasteiger charge is -2.34. The largest absolute Gasteiger partial charge is 0.385 e. The number of methoxy groups -OCH3 is 1. The highest BCUT2D eigenvalue weighted by atomic mass is 16.5. The zero-order valence-electron chi connectivity index (χ0n) is 16.9. The lowest BCUT2D eigenvalue weighted by Crippen LogP contribution is -2.47. The first-order chi connectivity index (χ1) is 13.3. The van der Waals surface area contributed by atoms with Gasteiger partial charge in [0.1, 0.15) is 0 Å². The normalized spacial score (nSPS) is 15.9. The van der Waals surface area contributed by atoms with Gasteiger partial charge in [0.2, 0.25) is 0 Å². The summed E-state index contributed by atoms with van der Waals surface area (Å²) in [5.41, 5.74) is 1.20. The van der Waals surface area contributed by atoms with Crippen molar-refractivity contribution in [3.63, 3.8) is 0 Å². The maximum absolute atomic E-state index is 5.94. The first-order valence-electron chi connectivity index (χ1n) is 10.1. The van der Waals surface area contributed by atoms with E-state index in [9.17, 15) is 0 Å². The van der Waals surface area contributed by atoms with E-state index in [1.165, 1.54) is 5.56 Å². The van der Waals surface area contributed by atoms with Crippen molar-refractivity contribution in [2.24, 2.45) is 4.99 Å². The number of piperidine rings is 1. The third-order valence-corrected chi connectivity index (χ3v) is 4.53. The zero-order chi connectivity index (χ0) is 19.2. The molecule has 1 aliphatic heterocycles. The molecule has 1 N–H and O–H groups in total. The van der Waals surface area contributed by atoms with Gasteiger partial charge in [-0.1, -0.05) is 30.3 Å². The minimum atomic E-state index is 0.357. The molecule has 1 aliphatic rings. The molecule has 1 heterocycles. The maximum atomic E-state index is 5.94. The van der Waals surface area contributed by atoms with Gasteiger partial charge >= 0.3 is 0 Å². The first kappa shape index (κ1) is 21.7. The molecule has 0 spiro atoms. The summed E-state index contributed by atoms with van der Waals surface area (Å²) >= 11 is 0. The highest BCUT2D eigenvalue weighted by molar-refractivity contribution is 5.80. The Balaban J connectivity index is 1.67. The van der Waals surface area contributed by atoms with Crippen LogP contribution < -0.4 is 5.32 Å². The number of hydrogen-bond donors (Lipinski definition) is 1. The number of nitrogens with zero attached hydrogens (tertiary/aromatic N) is 2. The van der Waals surface area contributed by atoms with Crippen LogP contribution in [-0.2, 0) is 20.8 Å². The maximum Gasteiger partial charge on any atom is 0.193 e. The Labute approximate surface area is 163 Å². The van der Waals surface area contributed by atoms with Gasteiger partial charge in [-0.15, -0.1) is 0 Å². The second kappa shape index (κ2) is 13.5. The molecule has 1 saturated heterocycles. The van der Waals surface area contributed by atoms with Crippen LogP contribution in [0.2, 0.25) is 0 Å². The van der Waals surface area contributed by atoms with Crippen molar-refractivity contribution in [1.29, 1.82) is 0 Å². The number of benzene rings is 1. The predicted molar refractivity (Wildman–Crippen MR) is 109 cm³/mol. The molecular formula is C21H35N3O3. The average molecular weight is 378 g/mol. The van der Waals surface area contributed by atoms with Crippen molar-refractivity contribution in [3.05, 3.63) is 35.9 Å². The number of ether oxygens (including phenoxy) is 3. The van der Waals surface area contributed by atoms with Gasteiger partial charge in [-0.3, -0.25) is 4.99 Å². The third kappa shape index (κ3) is 8.73. The van der Waals surface area contributed by atoms with E-state index in [0.29, 0.717) is 25.9 Å². The standard InChI is InChI=1S/C21H35N3O3/c1-3-22-21(23-12-17-26-18-19-8-5-4-6-9-19)24-13-10-20(11-14-24)27-16-7-15-25-2/h4-6,8-9,20H,3,7,10-18H2,1-2H3,(H,22,23). The first-order valence-corrected chi connectivity index (χ1v) is 10.1. The summed E-state index contributed by atoms with van der Waals surface area (Å²) in [5.74, 6) is 0.985. The Kier molecular flexibility index (Phi) is 10.9. The van der Waals surface area contributed by atoms with Crippen LogP contribution in [0.1, 0.15) is 31.7 Å². The van der Waals surface area contributed by atoms with Crippen molar-refractivity contribution < 1.29 is 14.2 Å². The summed E-state index contributed by atoms with van der Waals surface area (Å²) in [7, 11) is 1.73. The number of aliphatic imine (C=N–C) groups is 1. The summed E-state index contributed by atoms with van der Waals surface area (Å²) in [6.07, 6.45) is 3.41. The van der Waals surface area contributed by atoms with E-state index in [4.69, 9.17) is 19.2 Å². The van der Waals surface area contributed by atoms with Crippen LogP contribution in [0.3, 0.4) is 0 Å². The minimum absolute atomic E-state index is 0.357. The van der Waals surface area contributed by atoms with Crippen molar-refractivity contribution in [2.45, 2.75) is 38.9 Å². The average Bonchev–Trinajstić information content (AvgIpc) is 2.71. The second-order valence-corrected chi connectivity index (χ2v) is 6.68. The van der Waals surface area contributed by atoms with Gasteiger partial charge in [-0.2, -0.15) is 0 Å². The topological polar surface area (TPSA) is 55.3 Å². The Hall–Kier alpha value is -1.63. The van der Waals surface area contributed by atoms with Gasteiger partial charge in [0, 0.05) is 40.0 Å². The van der Waals surface area contributed by atoms with Gasteiger partial charge < -0.3 is 24.4 Å². The lowest BCUT2D eigenvalue weighted by molar-refractivity contribution is 0.00987. The molecule has 1 fully saturated rings. The number of hydrogen-bond acceptors (Lipinski definition) is 4. The van der Waals surface area contributed by atoms with Crippen LogP contribution in [0.15, 0.2) is 35.3 Å². The predicted octanol–water partition coefficient (Wildman–Crippen LogP) is 2.69. The van der Waals surface area contributed by atoms with E-state index < -0.39 is 0 Å².